The van der Waals surface area contributed by atoms with Crippen LogP contribution in [0.15, 0.2) is 48.5 Å². The minimum atomic E-state index is 0.241. The van der Waals surface area contributed by atoms with E-state index in [1.807, 2.05) is 24.3 Å². The lowest BCUT2D eigenvalue weighted by molar-refractivity contribution is 0.307. The molecule has 0 aromatic heterocycles. The molecule has 17 heavy (non-hydrogen) atoms. The Balaban J connectivity index is 2.19. The predicted molar refractivity (Wildman–Crippen MR) is 68.1 cm³/mol. The molecule has 2 aromatic rings. The first kappa shape index (κ1) is 10.4. The lowest BCUT2D eigenvalue weighted by Crippen LogP contribution is -2.14. The summed E-state index contributed by atoms with van der Waals surface area (Å²) < 4.78 is 5.85. The average Bonchev–Trinajstić information content (AvgIpc) is 2.55. The molecule has 1 aliphatic rings. The van der Waals surface area contributed by atoms with E-state index < -0.39 is 0 Å². The van der Waals surface area contributed by atoms with E-state index in [1.165, 1.54) is 16.7 Å². The maximum Gasteiger partial charge on any atom is 0.123 e. The van der Waals surface area contributed by atoms with Crippen LogP contribution in [0.5, 0.6) is 5.75 Å². The summed E-state index contributed by atoms with van der Waals surface area (Å²) >= 11 is 0. The van der Waals surface area contributed by atoms with Crippen LogP contribution in [0.25, 0.3) is 0 Å². The van der Waals surface area contributed by atoms with Crippen molar-refractivity contribution in [3.8, 4) is 5.75 Å². The molecule has 0 saturated carbocycles. The van der Waals surface area contributed by atoms with Gasteiger partial charge in [0.05, 0.1) is 0 Å². The number of hydrogen-bond donors (Lipinski definition) is 1. The van der Waals surface area contributed by atoms with E-state index in [0.717, 1.165) is 5.75 Å². The van der Waals surface area contributed by atoms with Gasteiger partial charge in [0.25, 0.3) is 0 Å². The second-order valence-corrected chi connectivity index (χ2v) is 4.31. The van der Waals surface area contributed by atoms with Gasteiger partial charge in [-0.05, 0) is 17.2 Å². The van der Waals surface area contributed by atoms with Crippen LogP contribution in [-0.2, 0) is 6.61 Å². The van der Waals surface area contributed by atoms with Gasteiger partial charge in [-0.1, -0.05) is 42.5 Å². The highest BCUT2D eigenvalue weighted by Crippen LogP contribution is 2.36. The maximum absolute atomic E-state index is 5.95. The second-order valence-electron chi connectivity index (χ2n) is 4.31. The molecule has 2 heteroatoms. The van der Waals surface area contributed by atoms with Crippen LogP contribution >= 0.6 is 0 Å². The Morgan fingerprint density at radius 1 is 1.00 bits per heavy atom. The summed E-state index contributed by atoms with van der Waals surface area (Å²) in [7, 11) is 0. The molecule has 0 amide bonds. The molecule has 1 heterocycles. The monoisotopic (exact) mass is 225 g/mol. The van der Waals surface area contributed by atoms with Gasteiger partial charge in [-0.3, -0.25) is 0 Å². The van der Waals surface area contributed by atoms with Gasteiger partial charge in [-0.25, -0.2) is 0 Å². The first-order chi connectivity index (χ1) is 8.40. The van der Waals surface area contributed by atoms with Crippen LogP contribution in [0.3, 0.4) is 0 Å². The second kappa shape index (κ2) is 4.22. The van der Waals surface area contributed by atoms with Crippen LogP contribution in [0.2, 0.25) is 0 Å². The van der Waals surface area contributed by atoms with Crippen LogP contribution in [0.1, 0.15) is 22.6 Å². The van der Waals surface area contributed by atoms with Gasteiger partial charge < -0.3 is 10.5 Å². The van der Waals surface area contributed by atoms with E-state index >= 15 is 0 Å². The first-order valence-corrected chi connectivity index (χ1v) is 5.89. The van der Waals surface area contributed by atoms with Gasteiger partial charge in [0.1, 0.15) is 12.4 Å². The highest BCUT2D eigenvalue weighted by atomic mass is 16.5. The van der Waals surface area contributed by atoms with E-state index in [1.54, 1.807) is 0 Å². The van der Waals surface area contributed by atoms with E-state index in [2.05, 4.69) is 24.3 Å². The van der Waals surface area contributed by atoms with Crippen molar-refractivity contribution < 1.29 is 4.74 Å². The normalized spacial score (nSPS) is 17.6. The van der Waals surface area contributed by atoms with E-state index in [-0.39, 0.29) is 5.92 Å². The van der Waals surface area contributed by atoms with Crippen molar-refractivity contribution in [3.63, 3.8) is 0 Å². The van der Waals surface area contributed by atoms with Crippen molar-refractivity contribution in [1.82, 2.24) is 0 Å². The number of para-hydroxylation sites is 1. The Labute approximate surface area is 101 Å². The summed E-state index contributed by atoms with van der Waals surface area (Å²) in [5.74, 6) is 1.20. The molecule has 2 nitrogen and oxygen atoms in total. The summed E-state index contributed by atoms with van der Waals surface area (Å²) in [6.45, 7) is 1.24. The molecule has 1 aliphatic heterocycles. The third kappa shape index (κ3) is 1.71. The number of benzene rings is 2. The number of rotatable bonds is 1. The Kier molecular flexibility index (Phi) is 2.57. The minimum Gasteiger partial charge on any atom is -0.489 e. The number of hydrogen-bond acceptors (Lipinski definition) is 2. The average molecular weight is 225 g/mol. The van der Waals surface area contributed by atoms with Gasteiger partial charge in [0.15, 0.2) is 0 Å². The molecule has 0 fully saturated rings. The fraction of sp³-hybridized carbons (Fsp3) is 0.200. The first-order valence-electron chi connectivity index (χ1n) is 5.89. The highest BCUT2D eigenvalue weighted by Gasteiger charge is 2.22. The summed E-state index contributed by atoms with van der Waals surface area (Å²) in [4.78, 5) is 0. The van der Waals surface area contributed by atoms with Crippen LogP contribution in [0.4, 0.5) is 0 Å². The predicted octanol–water partition coefficient (Wildman–Crippen LogP) is 2.67. The van der Waals surface area contributed by atoms with Gasteiger partial charge in [-0.15, -0.1) is 0 Å². The zero-order valence-electron chi connectivity index (χ0n) is 9.60. The number of nitrogens with two attached hydrogens (primary N) is 1. The molecule has 0 spiro atoms. The van der Waals surface area contributed by atoms with Gasteiger partial charge in [-0.2, -0.15) is 0 Å². The van der Waals surface area contributed by atoms with Crippen LogP contribution < -0.4 is 10.5 Å². The zero-order chi connectivity index (χ0) is 11.7. The SMILES string of the molecule is NC[C@H]1c2ccccc2COc2ccccc21. The maximum atomic E-state index is 5.95. The number of fused-ring (bicyclic) bond motifs is 2. The topological polar surface area (TPSA) is 35.2 Å². The Bertz CT molecular complexity index is 488. The molecular formula is C15H15NO. The molecule has 2 aromatic carbocycles. The Morgan fingerprint density at radius 3 is 2.53 bits per heavy atom. The van der Waals surface area contributed by atoms with E-state index in [4.69, 9.17) is 10.5 Å². The summed E-state index contributed by atoms with van der Waals surface area (Å²) in [6.07, 6.45) is 0. The molecule has 86 valence electrons. The third-order valence-electron chi connectivity index (χ3n) is 3.34. The van der Waals surface area contributed by atoms with Crippen molar-refractivity contribution in [2.75, 3.05) is 6.54 Å². The van der Waals surface area contributed by atoms with Crippen molar-refractivity contribution in [2.45, 2.75) is 12.5 Å². The highest BCUT2D eigenvalue weighted by molar-refractivity contribution is 5.46. The standard InChI is InChI=1S/C15H15NO/c16-9-14-12-6-2-1-5-11(12)10-17-15-8-4-3-7-13(14)15/h1-8,14H,9-10,16H2/t14-/m0/s1. The molecule has 0 saturated heterocycles. The lowest BCUT2D eigenvalue weighted by atomic mass is 9.89. The fourth-order valence-electron chi connectivity index (χ4n) is 2.48. The van der Waals surface area contributed by atoms with Crippen molar-refractivity contribution in [1.29, 1.82) is 0 Å². The summed E-state index contributed by atoms with van der Waals surface area (Å²) in [6, 6.07) is 16.5. The summed E-state index contributed by atoms with van der Waals surface area (Å²) in [5, 5.41) is 0. The fourth-order valence-corrected chi connectivity index (χ4v) is 2.48. The smallest absolute Gasteiger partial charge is 0.123 e. The summed E-state index contributed by atoms with van der Waals surface area (Å²) in [5.41, 5.74) is 9.67. The number of ether oxygens (including phenoxy) is 1. The largest absolute Gasteiger partial charge is 0.489 e. The van der Waals surface area contributed by atoms with Crippen molar-refractivity contribution in [2.24, 2.45) is 5.73 Å². The molecule has 0 bridgehead atoms. The Morgan fingerprint density at radius 2 is 1.71 bits per heavy atom. The van der Waals surface area contributed by atoms with E-state index in [9.17, 15) is 0 Å². The van der Waals surface area contributed by atoms with E-state index in [0.29, 0.717) is 13.2 Å². The molecule has 2 N–H and O–H groups in total. The van der Waals surface area contributed by atoms with Gasteiger partial charge in [0.2, 0.25) is 0 Å². The van der Waals surface area contributed by atoms with Crippen LogP contribution in [-0.4, -0.2) is 6.54 Å². The Hall–Kier alpha value is -1.80. The van der Waals surface area contributed by atoms with Crippen molar-refractivity contribution in [3.05, 3.63) is 65.2 Å². The zero-order valence-corrected chi connectivity index (χ0v) is 9.60. The quantitative estimate of drug-likeness (QED) is 0.809. The minimum absolute atomic E-state index is 0.241. The molecule has 0 unspecified atom stereocenters. The molecule has 0 aliphatic carbocycles. The molecule has 1 atom stereocenters. The molecule has 3 rings (SSSR count). The molecular weight excluding hydrogens is 210 g/mol. The molecule has 0 radical (unpaired) electrons. The lowest BCUT2D eigenvalue weighted by Gasteiger charge is -2.16. The van der Waals surface area contributed by atoms with Crippen molar-refractivity contribution >= 4 is 0 Å². The third-order valence-corrected chi connectivity index (χ3v) is 3.34. The van der Waals surface area contributed by atoms with Gasteiger partial charge >= 0.3 is 0 Å². The van der Waals surface area contributed by atoms with Crippen LogP contribution in [0, 0.1) is 0 Å². The van der Waals surface area contributed by atoms with Gasteiger partial charge in [0, 0.05) is 18.0 Å².